The Morgan fingerprint density at radius 1 is 1.19 bits per heavy atom. The van der Waals surface area contributed by atoms with Crippen LogP contribution in [0, 0.1) is 6.92 Å². The molecule has 0 unspecified atom stereocenters. The first-order valence-electron chi connectivity index (χ1n) is 7.08. The first-order valence-corrected chi connectivity index (χ1v) is 7.08. The summed E-state index contributed by atoms with van der Waals surface area (Å²) in [6, 6.07) is 3.77. The minimum Gasteiger partial charge on any atom is -0.496 e. The Bertz CT molecular complexity index is 524. The van der Waals surface area contributed by atoms with E-state index in [0.29, 0.717) is 18.7 Å². The predicted molar refractivity (Wildman–Crippen MR) is 82.8 cm³/mol. The lowest BCUT2D eigenvalue weighted by Gasteiger charge is -2.16. The summed E-state index contributed by atoms with van der Waals surface area (Å²) in [4.78, 5) is 23.0. The molecule has 0 saturated heterocycles. The molecule has 0 aromatic heterocycles. The van der Waals surface area contributed by atoms with Crippen molar-refractivity contribution in [3.8, 4) is 5.75 Å². The lowest BCUT2D eigenvalue weighted by molar-refractivity contribution is -0.118. The van der Waals surface area contributed by atoms with E-state index in [2.05, 4.69) is 24.5 Å². The Morgan fingerprint density at radius 3 is 2.33 bits per heavy atom. The van der Waals surface area contributed by atoms with Crippen LogP contribution in [0.25, 0.3) is 0 Å². The van der Waals surface area contributed by atoms with E-state index in [4.69, 9.17) is 4.74 Å². The van der Waals surface area contributed by atoms with Crippen molar-refractivity contribution in [2.45, 2.75) is 33.6 Å². The number of ether oxygens (including phenoxy) is 1. The number of carbonyl (C=O) groups is 2. The van der Waals surface area contributed by atoms with Crippen molar-refractivity contribution in [1.82, 2.24) is 10.6 Å². The summed E-state index contributed by atoms with van der Waals surface area (Å²) < 4.78 is 5.37. The van der Waals surface area contributed by atoms with Gasteiger partial charge in [0.25, 0.3) is 5.91 Å². The van der Waals surface area contributed by atoms with Gasteiger partial charge in [-0.2, -0.15) is 0 Å². The molecule has 0 aliphatic rings. The third kappa shape index (κ3) is 4.77. The van der Waals surface area contributed by atoms with Crippen LogP contribution < -0.4 is 15.4 Å². The van der Waals surface area contributed by atoms with Gasteiger partial charge in [0.2, 0.25) is 5.91 Å². The van der Waals surface area contributed by atoms with Crippen LogP contribution in [0.2, 0.25) is 0 Å². The Kier molecular flexibility index (Phi) is 6.21. The summed E-state index contributed by atoms with van der Waals surface area (Å²) in [5.41, 5.74) is 2.52. The normalized spacial score (nSPS) is 10.4. The first-order chi connectivity index (χ1) is 9.86. The molecule has 0 bridgehead atoms. The van der Waals surface area contributed by atoms with Gasteiger partial charge in [0.05, 0.1) is 7.11 Å². The van der Waals surface area contributed by atoms with Crippen LogP contribution in [0.5, 0.6) is 5.75 Å². The van der Waals surface area contributed by atoms with Crippen molar-refractivity contribution in [1.29, 1.82) is 0 Å². The molecule has 1 aromatic rings. The number of carbonyl (C=O) groups excluding carboxylic acids is 2. The molecule has 0 atom stereocenters. The Morgan fingerprint density at radius 2 is 1.81 bits per heavy atom. The summed E-state index contributed by atoms with van der Waals surface area (Å²) in [5.74, 6) is 0.832. The molecule has 0 radical (unpaired) electrons. The molecule has 2 amide bonds. The van der Waals surface area contributed by atoms with Crippen LogP contribution in [0.15, 0.2) is 12.1 Å². The molecule has 1 aromatic carbocycles. The second-order valence-electron chi connectivity index (χ2n) is 5.30. The molecule has 0 spiro atoms. The van der Waals surface area contributed by atoms with Crippen LogP contribution in [0.3, 0.4) is 0 Å². The van der Waals surface area contributed by atoms with Gasteiger partial charge in [0.1, 0.15) is 5.75 Å². The van der Waals surface area contributed by atoms with E-state index in [1.807, 2.05) is 19.1 Å². The van der Waals surface area contributed by atoms with Crippen molar-refractivity contribution < 1.29 is 14.3 Å². The van der Waals surface area contributed by atoms with E-state index in [1.54, 1.807) is 7.11 Å². The number of amides is 2. The zero-order valence-electron chi connectivity index (χ0n) is 13.4. The largest absolute Gasteiger partial charge is 0.496 e. The fourth-order valence-electron chi connectivity index (χ4n) is 2.08. The van der Waals surface area contributed by atoms with E-state index < -0.39 is 0 Å². The molecule has 0 heterocycles. The molecule has 1 rings (SSSR count). The van der Waals surface area contributed by atoms with E-state index in [1.165, 1.54) is 6.92 Å². The summed E-state index contributed by atoms with van der Waals surface area (Å²) in [7, 11) is 1.63. The quantitative estimate of drug-likeness (QED) is 0.788. The molecular formula is C16H24N2O3. The highest BCUT2D eigenvalue weighted by atomic mass is 16.5. The number of aryl methyl sites for hydroxylation is 1. The summed E-state index contributed by atoms with van der Waals surface area (Å²) in [6.07, 6.45) is 0. The lowest BCUT2D eigenvalue weighted by Crippen LogP contribution is -2.34. The molecule has 0 fully saturated rings. The average Bonchev–Trinajstić information content (AvgIpc) is 2.42. The standard InChI is InChI=1S/C16H24N2O3/c1-10(2)13-9-14(11(3)8-15(13)21-5)16(20)18-7-6-17-12(4)19/h8-10H,6-7H2,1-5H3,(H,17,19)(H,18,20). The fraction of sp³-hybridized carbons (Fsp3) is 0.500. The fourth-order valence-corrected chi connectivity index (χ4v) is 2.08. The molecular weight excluding hydrogens is 268 g/mol. The zero-order chi connectivity index (χ0) is 16.0. The number of hydrogen-bond donors (Lipinski definition) is 2. The molecule has 0 saturated carbocycles. The van der Waals surface area contributed by atoms with Gasteiger partial charge >= 0.3 is 0 Å². The predicted octanol–water partition coefficient (Wildman–Crippen LogP) is 1.99. The smallest absolute Gasteiger partial charge is 0.251 e. The van der Waals surface area contributed by atoms with Crippen molar-refractivity contribution in [2.75, 3.05) is 20.2 Å². The number of rotatable bonds is 6. The van der Waals surface area contributed by atoms with Crippen molar-refractivity contribution >= 4 is 11.8 Å². The summed E-state index contributed by atoms with van der Waals surface area (Å²) in [6.45, 7) is 8.28. The monoisotopic (exact) mass is 292 g/mol. The Labute approximate surface area is 126 Å². The maximum atomic E-state index is 12.2. The molecule has 2 N–H and O–H groups in total. The van der Waals surface area contributed by atoms with Crippen molar-refractivity contribution in [3.63, 3.8) is 0 Å². The zero-order valence-corrected chi connectivity index (χ0v) is 13.4. The topological polar surface area (TPSA) is 67.4 Å². The Balaban J connectivity index is 2.84. The van der Waals surface area contributed by atoms with Gasteiger partial charge in [-0.15, -0.1) is 0 Å². The number of benzene rings is 1. The molecule has 21 heavy (non-hydrogen) atoms. The van der Waals surface area contributed by atoms with Gasteiger partial charge in [-0.3, -0.25) is 9.59 Å². The number of nitrogens with one attached hydrogen (secondary N) is 2. The Hall–Kier alpha value is -2.04. The average molecular weight is 292 g/mol. The molecule has 116 valence electrons. The van der Waals surface area contributed by atoms with Crippen LogP contribution in [0.1, 0.15) is 48.2 Å². The van der Waals surface area contributed by atoms with Gasteiger partial charge in [-0.25, -0.2) is 0 Å². The van der Waals surface area contributed by atoms with E-state index >= 15 is 0 Å². The van der Waals surface area contributed by atoms with Crippen molar-refractivity contribution in [2.24, 2.45) is 0 Å². The van der Waals surface area contributed by atoms with Crippen LogP contribution in [-0.4, -0.2) is 32.0 Å². The second-order valence-corrected chi connectivity index (χ2v) is 5.30. The second kappa shape index (κ2) is 7.67. The first kappa shape index (κ1) is 17.0. The lowest BCUT2D eigenvalue weighted by atomic mass is 9.96. The minimum absolute atomic E-state index is 0.105. The van der Waals surface area contributed by atoms with Crippen LogP contribution in [-0.2, 0) is 4.79 Å². The number of methoxy groups -OCH3 is 1. The van der Waals surface area contributed by atoms with Gasteiger partial charge in [-0.05, 0) is 36.1 Å². The van der Waals surface area contributed by atoms with Gasteiger partial charge in [0.15, 0.2) is 0 Å². The summed E-state index contributed by atoms with van der Waals surface area (Å²) >= 11 is 0. The highest BCUT2D eigenvalue weighted by Crippen LogP contribution is 2.29. The SMILES string of the molecule is COc1cc(C)c(C(=O)NCCNC(C)=O)cc1C(C)C. The van der Waals surface area contributed by atoms with E-state index in [0.717, 1.165) is 16.9 Å². The van der Waals surface area contributed by atoms with E-state index in [-0.39, 0.29) is 17.7 Å². The van der Waals surface area contributed by atoms with Crippen LogP contribution in [0.4, 0.5) is 0 Å². The maximum Gasteiger partial charge on any atom is 0.251 e. The minimum atomic E-state index is -0.137. The summed E-state index contributed by atoms with van der Waals surface area (Å²) in [5, 5.41) is 5.45. The highest BCUT2D eigenvalue weighted by molar-refractivity contribution is 5.96. The third-order valence-corrected chi connectivity index (χ3v) is 3.23. The maximum absolute atomic E-state index is 12.2. The van der Waals surface area contributed by atoms with Gasteiger partial charge in [-0.1, -0.05) is 13.8 Å². The molecule has 0 aliphatic heterocycles. The van der Waals surface area contributed by atoms with Gasteiger partial charge < -0.3 is 15.4 Å². The van der Waals surface area contributed by atoms with Crippen molar-refractivity contribution in [3.05, 3.63) is 28.8 Å². The third-order valence-electron chi connectivity index (χ3n) is 3.23. The van der Waals surface area contributed by atoms with Crippen LogP contribution >= 0.6 is 0 Å². The highest BCUT2D eigenvalue weighted by Gasteiger charge is 2.15. The molecule has 5 nitrogen and oxygen atoms in total. The van der Waals surface area contributed by atoms with E-state index in [9.17, 15) is 9.59 Å². The number of hydrogen-bond acceptors (Lipinski definition) is 3. The molecule has 0 aliphatic carbocycles. The van der Waals surface area contributed by atoms with Gasteiger partial charge in [0, 0.05) is 25.6 Å². The molecule has 5 heteroatoms.